The maximum Gasteiger partial charge on any atom is 0.0727 e. The van der Waals surface area contributed by atoms with Gasteiger partial charge in [0.25, 0.3) is 0 Å². The SMILES string of the molecule is NNC(c1ccc(Br)cc1Br)c1cccc2ccccc12. The van der Waals surface area contributed by atoms with Crippen LogP contribution < -0.4 is 11.3 Å². The fourth-order valence-corrected chi connectivity index (χ4v) is 3.86. The molecule has 2 nitrogen and oxygen atoms in total. The van der Waals surface area contributed by atoms with Gasteiger partial charge in [0.05, 0.1) is 6.04 Å². The Bertz CT molecular complexity index is 781. The summed E-state index contributed by atoms with van der Waals surface area (Å²) in [5.41, 5.74) is 5.22. The van der Waals surface area contributed by atoms with Crippen molar-refractivity contribution in [1.82, 2.24) is 5.43 Å². The molecule has 3 aromatic carbocycles. The topological polar surface area (TPSA) is 38.0 Å². The van der Waals surface area contributed by atoms with Crippen molar-refractivity contribution >= 4 is 42.6 Å². The molecule has 106 valence electrons. The molecule has 0 saturated heterocycles. The van der Waals surface area contributed by atoms with Gasteiger partial charge in [-0.2, -0.15) is 0 Å². The highest BCUT2D eigenvalue weighted by atomic mass is 79.9. The molecule has 3 N–H and O–H groups in total. The largest absolute Gasteiger partial charge is 0.271 e. The maximum atomic E-state index is 5.85. The smallest absolute Gasteiger partial charge is 0.0727 e. The molecule has 0 amide bonds. The quantitative estimate of drug-likeness (QED) is 0.479. The lowest BCUT2D eigenvalue weighted by atomic mass is 9.94. The summed E-state index contributed by atoms with van der Waals surface area (Å²) in [6.07, 6.45) is 0. The zero-order valence-electron chi connectivity index (χ0n) is 11.2. The van der Waals surface area contributed by atoms with Crippen LogP contribution in [-0.2, 0) is 0 Å². The predicted octanol–water partition coefficient (Wildman–Crippen LogP) is 4.92. The number of nitrogens with one attached hydrogen (secondary N) is 1. The lowest BCUT2D eigenvalue weighted by Crippen LogP contribution is -2.29. The lowest BCUT2D eigenvalue weighted by molar-refractivity contribution is 0.638. The number of hydrogen-bond acceptors (Lipinski definition) is 2. The van der Waals surface area contributed by atoms with Gasteiger partial charge in [0, 0.05) is 8.95 Å². The van der Waals surface area contributed by atoms with Crippen molar-refractivity contribution in [2.75, 3.05) is 0 Å². The summed E-state index contributed by atoms with van der Waals surface area (Å²) in [5.74, 6) is 5.85. The third-order valence-corrected chi connectivity index (χ3v) is 4.75. The zero-order valence-corrected chi connectivity index (χ0v) is 14.4. The molecule has 4 heteroatoms. The van der Waals surface area contributed by atoms with Crippen molar-refractivity contribution in [3.63, 3.8) is 0 Å². The summed E-state index contributed by atoms with van der Waals surface area (Å²) < 4.78 is 2.06. The van der Waals surface area contributed by atoms with Crippen molar-refractivity contribution < 1.29 is 0 Å². The molecule has 0 radical (unpaired) electrons. The van der Waals surface area contributed by atoms with E-state index in [9.17, 15) is 0 Å². The van der Waals surface area contributed by atoms with E-state index in [1.807, 2.05) is 18.2 Å². The van der Waals surface area contributed by atoms with Crippen LogP contribution in [0.5, 0.6) is 0 Å². The molecule has 1 unspecified atom stereocenters. The molecule has 0 heterocycles. The normalized spacial score (nSPS) is 12.5. The monoisotopic (exact) mass is 404 g/mol. The molecule has 3 rings (SSSR count). The van der Waals surface area contributed by atoms with Gasteiger partial charge in [0.15, 0.2) is 0 Å². The molecular formula is C17H14Br2N2. The summed E-state index contributed by atoms with van der Waals surface area (Å²) in [6.45, 7) is 0. The number of hydrazine groups is 1. The van der Waals surface area contributed by atoms with Gasteiger partial charge in [0.1, 0.15) is 0 Å². The predicted molar refractivity (Wildman–Crippen MR) is 95.0 cm³/mol. The Morgan fingerprint density at radius 3 is 2.38 bits per heavy atom. The van der Waals surface area contributed by atoms with Gasteiger partial charge < -0.3 is 0 Å². The van der Waals surface area contributed by atoms with Crippen LogP contribution in [0.15, 0.2) is 69.6 Å². The van der Waals surface area contributed by atoms with Gasteiger partial charge in [-0.3, -0.25) is 5.84 Å². The van der Waals surface area contributed by atoms with Gasteiger partial charge in [-0.25, -0.2) is 5.43 Å². The first-order valence-corrected chi connectivity index (χ1v) is 8.18. The molecule has 0 aromatic heterocycles. The highest BCUT2D eigenvalue weighted by Crippen LogP contribution is 2.33. The van der Waals surface area contributed by atoms with Crippen LogP contribution in [-0.4, -0.2) is 0 Å². The Morgan fingerprint density at radius 1 is 0.857 bits per heavy atom. The van der Waals surface area contributed by atoms with Crippen LogP contribution >= 0.6 is 31.9 Å². The number of rotatable bonds is 3. The van der Waals surface area contributed by atoms with Crippen LogP contribution in [0.1, 0.15) is 17.2 Å². The summed E-state index contributed by atoms with van der Waals surface area (Å²) >= 11 is 7.11. The van der Waals surface area contributed by atoms with E-state index in [-0.39, 0.29) is 6.04 Å². The van der Waals surface area contributed by atoms with Crippen molar-refractivity contribution in [1.29, 1.82) is 0 Å². The van der Waals surface area contributed by atoms with E-state index in [1.54, 1.807) is 0 Å². The van der Waals surface area contributed by atoms with Crippen molar-refractivity contribution in [3.05, 3.63) is 80.7 Å². The van der Waals surface area contributed by atoms with Crippen molar-refractivity contribution in [3.8, 4) is 0 Å². The number of benzene rings is 3. The molecule has 0 aliphatic carbocycles. The fourth-order valence-electron chi connectivity index (χ4n) is 2.58. The maximum absolute atomic E-state index is 5.85. The molecule has 0 fully saturated rings. The van der Waals surface area contributed by atoms with E-state index in [2.05, 4.69) is 79.8 Å². The van der Waals surface area contributed by atoms with E-state index < -0.39 is 0 Å². The van der Waals surface area contributed by atoms with Gasteiger partial charge in [-0.15, -0.1) is 0 Å². The average Bonchev–Trinajstić information content (AvgIpc) is 2.50. The second-order valence-electron chi connectivity index (χ2n) is 4.83. The molecule has 0 spiro atoms. The number of halogens is 2. The van der Waals surface area contributed by atoms with Gasteiger partial charge in [0.2, 0.25) is 0 Å². The van der Waals surface area contributed by atoms with Gasteiger partial charge in [-0.05, 0) is 34.0 Å². The third-order valence-electron chi connectivity index (χ3n) is 3.57. The van der Waals surface area contributed by atoms with E-state index >= 15 is 0 Å². The highest BCUT2D eigenvalue weighted by Gasteiger charge is 2.17. The second-order valence-corrected chi connectivity index (χ2v) is 6.60. The first kappa shape index (κ1) is 14.7. The summed E-state index contributed by atoms with van der Waals surface area (Å²) in [7, 11) is 0. The van der Waals surface area contributed by atoms with Gasteiger partial charge >= 0.3 is 0 Å². The minimum atomic E-state index is -0.0708. The molecule has 3 aromatic rings. The van der Waals surface area contributed by atoms with E-state index in [4.69, 9.17) is 5.84 Å². The minimum Gasteiger partial charge on any atom is -0.271 e. The van der Waals surface area contributed by atoms with Crippen LogP contribution in [0.25, 0.3) is 10.8 Å². The standard InChI is InChI=1S/C17H14Br2N2/c18-12-8-9-15(16(19)10-12)17(21-20)14-7-3-5-11-4-1-2-6-13(11)14/h1-10,17,21H,20H2. The third kappa shape index (κ3) is 2.90. The van der Waals surface area contributed by atoms with E-state index in [1.165, 1.54) is 16.3 Å². The summed E-state index contributed by atoms with van der Waals surface area (Å²) in [4.78, 5) is 0. The Hall–Kier alpha value is -1.20. The molecule has 0 bridgehead atoms. The Balaban J connectivity index is 2.18. The summed E-state index contributed by atoms with van der Waals surface area (Å²) in [5, 5.41) is 2.42. The first-order valence-electron chi connectivity index (χ1n) is 6.59. The van der Waals surface area contributed by atoms with Gasteiger partial charge in [-0.1, -0.05) is 80.4 Å². The summed E-state index contributed by atoms with van der Waals surface area (Å²) in [6, 6.07) is 20.7. The minimum absolute atomic E-state index is 0.0708. The van der Waals surface area contributed by atoms with Crippen LogP contribution in [0.3, 0.4) is 0 Å². The molecule has 0 aliphatic rings. The van der Waals surface area contributed by atoms with Crippen LogP contribution in [0.4, 0.5) is 0 Å². The molecule has 0 aliphatic heterocycles. The first-order chi connectivity index (χ1) is 10.2. The van der Waals surface area contributed by atoms with Crippen LogP contribution in [0.2, 0.25) is 0 Å². The van der Waals surface area contributed by atoms with Crippen LogP contribution in [0, 0.1) is 0 Å². The number of nitrogens with two attached hydrogens (primary N) is 1. The second kappa shape index (κ2) is 6.28. The molecule has 1 atom stereocenters. The molecule has 21 heavy (non-hydrogen) atoms. The Labute approximate surface area is 140 Å². The van der Waals surface area contributed by atoms with Crippen molar-refractivity contribution in [2.45, 2.75) is 6.04 Å². The van der Waals surface area contributed by atoms with E-state index in [0.29, 0.717) is 0 Å². The molecular weight excluding hydrogens is 392 g/mol. The molecule has 0 saturated carbocycles. The fraction of sp³-hybridized carbons (Fsp3) is 0.0588. The lowest BCUT2D eigenvalue weighted by Gasteiger charge is -2.20. The Kier molecular flexibility index (Phi) is 4.40. The highest BCUT2D eigenvalue weighted by molar-refractivity contribution is 9.11. The Morgan fingerprint density at radius 2 is 1.62 bits per heavy atom. The zero-order chi connectivity index (χ0) is 14.8. The van der Waals surface area contributed by atoms with E-state index in [0.717, 1.165) is 14.5 Å². The number of hydrogen-bond donors (Lipinski definition) is 2. The average molecular weight is 406 g/mol. The van der Waals surface area contributed by atoms with Crippen molar-refractivity contribution in [2.24, 2.45) is 5.84 Å². The number of fused-ring (bicyclic) bond motifs is 1.